The summed E-state index contributed by atoms with van der Waals surface area (Å²) in [6.07, 6.45) is 0. The molecule has 0 saturated carbocycles. The van der Waals surface area contributed by atoms with Crippen LogP contribution in [0.25, 0.3) is 11.3 Å². The van der Waals surface area contributed by atoms with Crippen LogP contribution in [0.3, 0.4) is 0 Å². The predicted molar refractivity (Wildman–Crippen MR) is 61.0 cm³/mol. The number of nitriles is 1. The molecule has 2 aromatic rings. The summed E-state index contributed by atoms with van der Waals surface area (Å²) < 4.78 is 13.7. The number of anilines is 2. The van der Waals surface area contributed by atoms with Crippen molar-refractivity contribution < 1.29 is 4.39 Å². The van der Waals surface area contributed by atoms with Crippen LogP contribution >= 0.6 is 0 Å². The fraction of sp³-hybridized carbons (Fsp3) is 0. The Morgan fingerprint density at radius 3 is 2.35 bits per heavy atom. The molecule has 0 aliphatic rings. The van der Waals surface area contributed by atoms with Crippen molar-refractivity contribution in [1.82, 2.24) is 9.97 Å². The average Bonchev–Trinajstić information content (AvgIpc) is 2.34. The summed E-state index contributed by atoms with van der Waals surface area (Å²) in [6.45, 7) is 0. The van der Waals surface area contributed by atoms with E-state index in [0.29, 0.717) is 11.1 Å². The first-order valence-electron chi connectivity index (χ1n) is 4.71. The van der Waals surface area contributed by atoms with Crippen LogP contribution in [0.1, 0.15) is 5.56 Å². The fourth-order valence-electron chi connectivity index (χ4n) is 1.38. The number of nitrogens with two attached hydrogens (primary N) is 2. The van der Waals surface area contributed by atoms with E-state index in [4.69, 9.17) is 16.7 Å². The number of rotatable bonds is 1. The third-order valence-electron chi connectivity index (χ3n) is 2.18. The lowest BCUT2D eigenvalue weighted by Gasteiger charge is -2.05. The Hall–Kier alpha value is -2.68. The monoisotopic (exact) mass is 229 g/mol. The van der Waals surface area contributed by atoms with Gasteiger partial charge in [0.15, 0.2) is 11.6 Å². The third kappa shape index (κ3) is 1.99. The second-order valence-corrected chi connectivity index (χ2v) is 3.32. The van der Waals surface area contributed by atoms with Gasteiger partial charge in [-0.25, -0.2) is 9.37 Å². The molecule has 0 aliphatic heterocycles. The Bertz CT molecular complexity index is 600. The van der Waals surface area contributed by atoms with Gasteiger partial charge in [-0.2, -0.15) is 10.2 Å². The molecule has 0 aliphatic carbocycles. The number of nitrogen functional groups attached to an aromatic ring is 2. The largest absolute Gasteiger partial charge is 0.381 e. The average molecular weight is 229 g/mol. The molecule has 0 unspecified atom stereocenters. The number of hydrogen-bond acceptors (Lipinski definition) is 5. The first kappa shape index (κ1) is 10.8. The summed E-state index contributed by atoms with van der Waals surface area (Å²) in [5, 5.41) is 8.65. The standard InChI is InChI=1S/C11H8FN5/c12-8-9(16-11(15)17-10(8)14)7-3-1-6(5-13)2-4-7/h1-4H,(H4,14,15,16,17). The van der Waals surface area contributed by atoms with Gasteiger partial charge in [-0.05, 0) is 12.1 Å². The third-order valence-corrected chi connectivity index (χ3v) is 2.18. The zero-order chi connectivity index (χ0) is 12.4. The van der Waals surface area contributed by atoms with Gasteiger partial charge in [0.25, 0.3) is 0 Å². The van der Waals surface area contributed by atoms with Crippen LogP contribution in [0.15, 0.2) is 24.3 Å². The van der Waals surface area contributed by atoms with Crippen molar-refractivity contribution in [2.45, 2.75) is 0 Å². The van der Waals surface area contributed by atoms with Crippen molar-refractivity contribution >= 4 is 11.8 Å². The van der Waals surface area contributed by atoms with E-state index in [2.05, 4.69) is 9.97 Å². The first-order valence-corrected chi connectivity index (χ1v) is 4.71. The summed E-state index contributed by atoms with van der Waals surface area (Å²) in [7, 11) is 0. The zero-order valence-corrected chi connectivity index (χ0v) is 8.68. The fourth-order valence-corrected chi connectivity index (χ4v) is 1.38. The van der Waals surface area contributed by atoms with Crippen molar-refractivity contribution in [3.63, 3.8) is 0 Å². The van der Waals surface area contributed by atoms with Crippen molar-refractivity contribution in [2.24, 2.45) is 0 Å². The van der Waals surface area contributed by atoms with Gasteiger partial charge in [-0.3, -0.25) is 0 Å². The SMILES string of the molecule is N#Cc1ccc(-c2nc(N)nc(N)c2F)cc1. The minimum atomic E-state index is -0.719. The van der Waals surface area contributed by atoms with Crippen LogP contribution in [0.4, 0.5) is 16.2 Å². The number of hydrogen-bond donors (Lipinski definition) is 2. The molecule has 6 heteroatoms. The molecule has 2 rings (SSSR count). The van der Waals surface area contributed by atoms with Gasteiger partial charge in [-0.1, -0.05) is 12.1 Å². The van der Waals surface area contributed by atoms with Crippen LogP contribution in [-0.4, -0.2) is 9.97 Å². The molecule has 0 spiro atoms. The van der Waals surface area contributed by atoms with Gasteiger partial charge < -0.3 is 11.5 Å². The molecule has 4 N–H and O–H groups in total. The maximum atomic E-state index is 13.7. The molecule has 0 fully saturated rings. The number of nitrogens with zero attached hydrogens (tertiary/aromatic N) is 3. The molecular formula is C11H8FN5. The van der Waals surface area contributed by atoms with E-state index in [9.17, 15) is 4.39 Å². The number of benzene rings is 1. The summed E-state index contributed by atoms with van der Waals surface area (Å²) in [5.74, 6) is -1.11. The minimum absolute atomic E-state index is 0.0273. The highest BCUT2D eigenvalue weighted by molar-refractivity contribution is 5.65. The van der Waals surface area contributed by atoms with E-state index >= 15 is 0 Å². The summed E-state index contributed by atoms with van der Waals surface area (Å²) in [5.41, 5.74) is 11.7. The Kier molecular flexibility index (Phi) is 2.58. The molecule has 17 heavy (non-hydrogen) atoms. The van der Waals surface area contributed by atoms with Crippen LogP contribution in [0.5, 0.6) is 0 Å². The molecule has 0 radical (unpaired) electrons. The normalized spacial score (nSPS) is 9.88. The zero-order valence-electron chi connectivity index (χ0n) is 8.68. The maximum absolute atomic E-state index is 13.7. The lowest BCUT2D eigenvalue weighted by molar-refractivity contribution is 0.625. The van der Waals surface area contributed by atoms with E-state index in [1.165, 1.54) is 0 Å². The Morgan fingerprint density at radius 2 is 1.76 bits per heavy atom. The summed E-state index contributed by atoms with van der Waals surface area (Å²) in [6, 6.07) is 8.23. The van der Waals surface area contributed by atoms with Crippen LogP contribution < -0.4 is 11.5 Å². The Balaban J connectivity index is 2.56. The highest BCUT2D eigenvalue weighted by Gasteiger charge is 2.12. The van der Waals surface area contributed by atoms with Gasteiger partial charge >= 0.3 is 0 Å². The first-order chi connectivity index (χ1) is 8.11. The van der Waals surface area contributed by atoms with Crippen molar-refractivity contribution in [3.8, 4) is 17.3 Å². The van der Waals surface area contributed by atoms with E-state index in [-0.39, 0.29) is 17.5 Å². The van der Waals surface area contributed by atoms with E-state index < -0.39 is 5.82 Å². The van der Waals surface area contributed by atoms with E-state index in [0.717, 1.165) is 0 Å². The van der Waals surface area contributed by atoms with Crippen LogP contribution in [0.2, 0.25) is 0 Å². The maximum Gasteiger partial charge on any atom is 0.222 e. The number of aromatic nitrogens is 2. The van der Waals surface area contributed by atoms with Crippen LogP contribution in [-0.2, 0) is 0 Å². The molecule has 1 aromatic carbocycles. The van der Waals surface area contributed by atoms with Gasteiger partial charge in [0.05, 0.1) is 11.6 Å². The summed E-state index contributed by atoms with van der Waals surface area (Å²) in [4.78, 5) is 7.30. The summed E-state index contributed by atoms with van der Waals surface area (Å²) >= 11 is 0. The van der Waals surface area contributed by atoms with E-state index in [1.54, 1.807) is 24.3 Å². The molecule has 1 aromatic heterocycles. The lowest BCUT2D eigenvalue weighted by Crippen LogP contribution is -2.05. The quantitative estimate of drug-likeness (QED) is 0.767. The Morgan fingerprint density at radius 1 is 1.12 bits per heavy atom. The smallest absolute Gasteiger partial charge is 0.222 e. The predicted octanol–water partition coefficient (Wildman–Crippen LogP) is 1.32. The Labute approximate surface area is 96.5 Å². The molecule has 0 atom stereocenters. The molecule has 0 bridgehead atoms. The second-order valence-electron chi connectivity index (χ2n) is 3.32. The van der Waals surface area contributed by atoms with Crippen molar-refractivity contribution in [2.75, 3.05) is 11.5 Å². The van der Waals surface area contributed by atoms with Gasteiger partial charge in [0, 0.05) is 5.56 Å². The van der Waals surface area contributed by atoms with Gasteiger partial charge in [0.1, 0.15) is 5.69 Å². The van der Waals surface area contributed by atoms with Gasteiger partial charge in [-0.15, -0.1) is 0 Å². The molecule has 5 nitrogen and oxygen atoms in total. The molecule has 0 saturated heterocycles. The van der Waals surface area contributed by atoms with Crippen LogP contribution in [0, 0.1) is 17.1 Å². The van der Waals surface area contributed by atoms with Gasteiger partial charge in [0.2, 0.25) is 5.95 Å². The molecule has 0 amide bonds. The van der Waals surface area contributed by atoms with Crippen molar-refractivity contribution in [3.05, 3.63) is 35.6 Å². The molecule has 1 heterocycles. The number of halogens is 1. The topological polar surface area (TPSA) is 102 Å². The minimum Gasteiger partial charge on any atom is -0.381 e. The second kappa shape index (κ2) is 4.06. The lowest BCUT2D eigenvalue weighted by atomic mass is 10.1. The molecular weight excluding hydrogens is 221 g/mol. The molecule has 84 valence electrons. The van der Waals surface area contributed by atoms with E-state index in [1.807, 2.05) is 6.07 Å². The highest BCUT2D eigenvalue weighted by atomic mass is 19.1. The highest BCUT2D eigenvalue weighted by Crippen LogP contribution is 2.24. The van der Waals surface area contributed by atoms with Crippen molar-refractivity contribution in [1.29, 1.82) is 5.26 Å².